The summed E-state index contributed by atoms with van der Waals surface area (Å²) in [5, 5.41) is 3.62. The molecule has 19 heavy (non-hydrogen) atoms. The van der Waals surface area contributed by atoms with Gasteiger partial charge in [0, 0.05) is 28.7 Å². The van der Waals surface area contributed by atoms with Gasteiger partial charge in [0.05, 0.1) is 5.56 Å². The van der Waals surface area contributed by atoms with E-state index in [0.29, 0.717) is 12.1 Å². The molecule has 2 unspecified atom stereocenters. The van der Waals surface area contributed by atoms with Crippen molar-refractivity contribution in [1.29, 1.82) is 0 Å². The smallest absolute Gasteiger partial charge is 0.254 e. The maximum atomic E-state index is 12.7. The van der Waals surface area contributed by atoms with Gasteiger partial charge in [-0.05, 0) is 60.4 Å². The number of benzene rings is 1. The Kier molecular flexibility index (Phi) is 3.80. The molecule has 0 spiro atoms. The van der Waals surface area contributed by atoms with Crippen molar-refractivity contribution in [2.45, 2.75) is 38.3 Å². The molecule has 2 atom stereocenters. The van der Waals surface area contributed by atoms with E-state index in [9.17, 15) is 4.79 Å². The highest BCUT2D eigenvalue weighted by molar-refractivity contribution is 14.1. The maximum Gasteiger partial charge on any atom is 0.254 e. The van der Waals surface area contributed by atoms with E-state index < -0.39 is 0 Å². The summed E-state index contributed by atoms with van der Waals surface area (Å²) in [6.45, 7) is 3.81. The quantitative estimate of drug-likeness (QED) is 0.771. The second-order valence-corrected chi connectivity index (χ2v) is 6.69. The molecular formula is C15H19IN2O. The number of fused-ring (bicyclic) bond motifs is 2. The Morgan fingerprint density at radius 3 is 2.95 bits per heavy atom. The van der Waals surface area contributed by atoms with Crippen molar-refractivity contribution in [3.8, 4) is 0 Å². The van der Waals surface area contributed by atoms with E-state index in [-0.39, 0.29) is 5.91 Å². The van der Waals surface area contributed by atoms with Gasteiger partial charge in [0.25, 0.3) is 5.91 Å². The number of likely N-dealkylation sites (tertiary alicyclic amines) is 1. The summed E-state index contributed by atoms with van der Waals surface area (Å²) in [6, 6.07) is 7.11. The first-order chi connectivity index (χ1) is 9.15. The van der Waals surface area contributed by atoms with Crippen molar-refractivity contribution in [2.24, 2.45) is 0 Å². The number of nitrogens with one attached hydrogen (secondary N) is 1. The molecule has 102 valence electrons. The first kappa shape index (κ1) is 13.4. The first-order valence-corrected chi connectivity index (χ1v) is 8.03. The largest absolute Gasteiger partial charge is 0.337 e. The molecule has 0 aliphatic carbocycles. The van der Waals surface area contributed by atoms with Crippen LogP contribution in [0.5, 0.6) is 0 Å². The number of hydrogen-bond acceptors (Lipinski definition) is 2. The van der Waals surface area contributed by atoms with E-state index in [0.717, 1.165) is 28.6 Å². The van der Waals surface area contributed by atoms with Gasteiger partial charge in [0.1, 0.15) is 0 Å². The fraction of sp³-hybridized carbons (Fsp3) is 0.533. The summed E-state index contributed by atoms with van der Waals surface area (Å²) >= 11 is 2.29. The highest BCUT2D eigenvalue weighted by atomic mass is 127. The number of carbonyl (C=O) groups is 1. The van der Waals surface area contributed by atoms with Crippen LogP contribution < -0.4 is 5.32 Å². The molecule has 3 rings (SSSR count). The Hall–Kier alpha value is -0.620. The minimum atomic E-state index is 0.197. The molecule has 2 saturated heterocycles. The van der Waals surface area contributed by atoms with E-state index >= 15 is 0 Å². The van der Waals surface area contributed by atoms with E-state index in [1.54, 1.807) is 0 Å². The van der Waals surface area contributed by atoms with Gasteiger partial charge in [-0.25, -0.2) is 0 Å². The van der Waals surface area contributed by atoms with Crippen molar-refractivity contribution in [3.63, 3.8) is 0 Å². The van der Waals surface area contributed by atoms with Gasteiger partial charge in [0.2, 0.25) is 0 Å². The summed E-state index contributed by atoms with van der Waals surface area (Å²) in [6.07, 6.45) is 3.57. The predicted octanol–water partition coefficient (Wildman–Crippen LogP) is 2.57. The lowest BCUT2D eigenvalue weighted by atomic mass is 10.1. The van der Waals surface area contributed by atoms with E-state index in [1.807, 2.05) is 17.0 Å². The van der Waals surface area contributed by atoms with Crippen LogP contribution in [-0.4, -0.2) is 36.0 Å². The summed E-state index contributed by atoms with van der Waals surface area (Å²) in [5.74, 6) is 0.197. The Morgan fingerprint density at radius 2 is 2.11 bits per heavy atom. The standard InChI is InChI=1S/C15H19IN2O/c1-10-3-2-4-13(14(10)16)15(19)18-8-7-11-5-6-12(9-18)17-11/h2-4,11-12,17H,5-9H2,1H3. The Morgan fingerprint density at radius 1 is 1.32 bits per heavy atom. The molecular weight excluding hydrogens is 351 g/mol. The minimum Gasteiger partial charge on any atom is -0.337 e. The summed E-state index contributed by atoms with van der Waals surface area (Å²) in [7, 11) is 0. The third kappa shape index (κ3) is 2.65. The van der Waals surface area contributed by atoms with Crippen LogP contribution in [0.4, 0.5) is 0 Å². The van der Waals surface area contributed by atoms with Gasteiger partial charge in [-0.3, -0.25) is 4.79 Å². The monoisotopic (exact) mass is 370 g/mol. The van der Waals surface area contributed by atoms with Crippen molar-refractivity contribution in [1.82, 2.24) is 10.2 Å². The fourth-order valence-electron chi connectivity index (χ4n) is 3.11. The molecule has 2 bridgehead atoms. The van der Waals surface area contributed by atoms with Crippen LogP contribution in [0.15, 0.2) is 18.2 Å². The number of hydrogen-bond donors (Lipinski definition) is 1. The van der Waals surface area contributed by atoms with Crippen LogP contribution in [0.25, 0.3) is 0 Å². The zero-order valence-corrected chi connectivity index (χ0v) is 13.3. The lowest BCUT2D eigenvalue weighted by Gasteiger charge is -2.25. The zero-order valence-electron chi connectivity index (χ0n) is 11.2. The molecule has 1 aromatic rings. The second-order valence-electron chi connectivity index (χ2n) is 5.61. The van der Waals surface area contributed by atoms with Gasteiger partial charge >= 0.3 is 0 Å². The summed E-state index contributed by atoms with van der Waals surface area (Å²) in [4.78, 5) is 14.7. The maximum absolute atomic E-state index is 12.7. The first-order valence-electron chi connectivity index (χ1n) is 6.95. The number of nitrogens with zero attached hydrogens (tertiary/aromatic N) is 1. The van der Waals surface area contributed by atoms with Crippen LogP contribution >= 0.6 is 22.6 Å². The number of aryl methyl sites for hydroxylation is 1. The van der Waals surface area contributed by atoms with E-state index in [4.69, 9.17) is 0 Å². The van der Waals surface area contributed by atoms with Gasteiger partial charge in [-0.1, -0.05) is 12.1 Å². The normalized spacial score (nSPS) is 26.3. The molecule has 0 radical (unpaired) electrons. The molecule has 4 heteroatoms. The number of amides is 1. The number of halogens is 1. The third-order valence-corrected chi connectivity index (χ3v) is 5.66. The SMILES string of the molecule is Cc1cccc(C(=O)N2CCC3CCC(C2)N3)c1I. The van der Waals surface area contributed by atoms with Crippen LogP contribution in [0.2, 0.25) is 0 Å². The topological polar surface area (TPSA) is 32.3 Å². The Bertz CT molecular complexity index is 503. The molecule has 3 nitrogen and oxygen atoms in total. The minimum absolute atomic E-state index is 0.197. The van der Waals surface area contributed by atoms with E-state index in [1.165, 1.54) is 18.4 Å². The van der Waals surface area contributed by atoms with Crippen LogP contribution in [0.3, 0.4) is 0 Å². The molecule has 1 amide bonds. The number of carbonyl (C=O) groups excluding carboxylic acids is 1. The molecule has 2 aliphatic rings. The van der Waals surface area contributed by atoms with Crippen molar-refractivity contribution < 1.29 is 4.79 Å². The molecule has 1 aromatic carbocycles. The Balaban J connectivity index is 1.81. The number of rotatable bonds is 1. The average molecular weight is 370 g/mol. The van der Waals surface area contributed by atoms with Crippen LogP contribution in [-0.2, 0) is 0 Å². The van der Waals surface area contributed by atoms with E-state index in [2.05, 4.69) is 40.9 Å². The second kappa shape index (κ2) is 5.40. The lowest BCUT2D eigenvalue weighted by molar-refractivity contribution is 0.0747. The van der Waals surface area contributed by atoms with Crippen molar-refractivity contribution in [3.05, 3.63) is 32.9 Å². The third-order valence-electron chi connectivity index (χ3n) is 4.23. The summed E-state index contributed by atoms with van der Waals surface area (Å²) in [5.41, 5.74) is 2.04. The highest BCUT2D eigenvalue weighted by Gasteiger charge is 2.31. The zero-order chi connectivity index (χ0) is 13.4. The molecule has 2 heterocycles. The summed E-state index contributed by atoms with van der Waals surface area (Å²) < 4.78 is 1.09. The molecule has 0 aromatic heterocycles. The van der Waals surface area contributed by atoms with Gasteiger partial charge in [0.15, 0.2) is 0 Å². The van der Waals surface area contributed by atoms with Gasteiger partial charge in [-0.15, -0.1) is 0 Å². The van der Waals surface area contributed by atoms with Crippen LogP contribution in [0, 0.1) is 10.5 Å². The highest BCUT2D eigenvalue weighted by Crippen LogP contribution is 2.23. The molecule has 2 aliphatic heterocycles. The Labute approximate surface area is 127 Å². The molecule has 1 N–H and O–H groups in total. The fourth-order valence-corrected chi connectivity index (χ4v) is 3.70. The predicted molar refractivity (Wildman–Crippen MR) is 84.4 cm³/mol. The lowest BCUT2D eigenvalue weighted by Crippen LogP contribution is -2.39. The average Bonchev–Trinajstić information content (AvgIpc) is 2.72. The van der Waals surface area contributed by atoms with Crippen LogP contribution in [0.1, 0.15) is 35.2 Å². The molecule has 0 saturated carbocycles. The van der Waals surface area contributed by atoms with Gasteiger partial charge < -0.3 is 10.2 Å². The van der Waals surface area contributed by atoms with Crippen molar-refractivity contribution in [2.75, 3.05) is 13.1 Å². The van der Waals surface area contributed by atoms with Crippen molar-refractivity contribution >= 4 is 28.5 Å². The van der Waals surface area contributed by atoms with Gasteiger partial charge in [-0.2, -0.15) is 0 Å². The molecule has 2 fully saturated rings.